The van der Waals surface area contributed by atoms with Crippen molar-refractivity contribution in [3.8, 4) is 0 Å². The number of nitrogens with zero attached hydrogens (tertiary/aromatic N) is 1. The SMILES string of the molecule is NCC(Nc1ccc(S(N)(=O)=O)cn1)C1CCCCC1. The summed E-state index contributed by atoms with van der Waals surface area (Å²) in [7, 11) is -3.69. The third-order valence-electron chi connectivity index (χ3n) is 3.87. The van der Waals surface area contributed by atoms with E-state index in [1.54, 1.807) is 6.07 Å². The molecule has 1 fully saturated rings. The van der Waals surface area contributed by atoms with Gasteiger partial charge in [0.25, 0.3) is 0 Å². The molecule has 1 atom stereocenters. The van der Waals surface area contributed by atoms with Gasteiger partial charge in [0.05, 0.1) is 0 Å². The van der Waals surface area contributed by atoms with Crippen molar-refractivity contribution >= 4 is 15.8 Å². The molecule has 1 unspecified atom stereocenters. The molecule has 112 valence electrons. The van der Waals surface area contributed by atoms with E-state index in [1.807, 2.05) is 0 Å². The number of nitrogens with one attached hydrogen (secondary N) is 1. The Balaban J connectivity index is 2.04. The van der Waals surface area contributed by atoms with Crippen molar-refractivity contribution in [2.75, 3.05) is 11.9 Å². The second-order valence-electron chi connectivity index (χ2n) is 5.31. The second-order valence-corrected chi connectivity index (χ2v) is 6.87. The summed E-state index contributed by atoms with van der Waals surface area (Å²) in [5, 5.41) is 8.35. The standard InChI is InChI=1S/C13H22N4O2S/c14-8-12(10-4-2-1-3-5-10)17-13-7-6-11(9-16-13)20(15,18)19/h6-7,9-10,12H,1-5,8,14H2,(H,16,17)(H2,15,18,19). The highest BCUT2D eigenvalue weighted by Gasteiger charge is 2.22. The molecule has 2 rings (SSSR count). The summed E-state index contributed by atoms with van der Waals surface area (Å²) in [5.41, 5.74) is 5.84. The Bertz CT molecular complexity index is 524. The molecule has 1 heterocycles. The van der Waals surface area contributed by atoms with Crippen molar-refractivity contribution < 1.29 is 8.42 Å². The van der Waals surface area contributed by atoms with Crippen LogP contribution in [-0.2, 0) is 10.0 Å². The summed E-state index contributed by atoms with van der Waals surface area (Å²) < 4.78 is 22.3. The maximum absolute atomic E-state index is 11.2. The fourth-order valence-electron chi connectivity index (χ4n) is 2.73. The number of rotatable bonds is 5. The van der Waals surface area contributed by atoms with Gasteiger partial charge in [0.2, 0.25) is 10.0 Å². The van der Waals surface area contributed by atoms with E-state index in [1.165, 1.54) is 44.4 Å². The molecule has 1 aliphatic carbocycles. The number of aromatic nitrogens is 1. The highest BCUT2D eigenvalue weighted by molar-refractivity contribution is 7.89. The zero-order valence-corrected chi connectivity index (χ0v) is 12.3. The van der Waals surface area contributed by atoms with Crippen LogP contribution in [-0.4, -0.2) is 26.0 Å². The maximum atomic E-state index is 11.2. The van der Waals surface area contributed by atoms with Gasteiger partial charge in [0.1, 0.15) is 10.7 Å². The van der Waals surface area contributed by atoms with E-state index >= 15 is 0 Å². The summed E-state index contributed by atoms with van der Waals surface area (Å²) in [4.78, 5) is 4.12. The lowest BCUT2D eigenvalue weighted by molar-refractivity contribution is 0.320. The van der Waals surface area contributed by atoms with Crippen molar-refractivity contribution in [3.63, 3.8) is 0 Å². The van der Waals surface area contributed by atoms with Gasteiger partial charge in [-0.15, -0.1) is 0 Å². The average Bonchev–Trinajstić information content (AvgIpc) is 2.45. The first kappa shape index (κ1) is 15.2. The topological polar surface area (TPSA) is 111 Å². The van der Waals surface area contributed by atoms with Crippen LogP contribution in [0, 0.1) is 5.92 Å². The summed E-state index contributed by atoms with van der Waals surface area (Å²) in [6.07, 6.45) is 7.44. The van der Waals surface area contributed by atoms with Gasteiger partial charge in [-0.1, -0.05) is 19.3 Å². The highest BCUT2D eigenvalue weighted by atomic mass is 32.2. The Morgan fingerprint density at radius 3 is 2.50 bits per heavy atom. The monoisotopic (exact) mass is 298 g/mol. The highest BCUT2D eigenvalue weighted by Crippen LogP contribution is 2.27. The molecule has 0 amide bonds. The third-order valence-corrected chi connectivity index (χ3v) is 4.77. The van der Waals surface area contributed by atoms with Gasteiger partial charge < -0.3 is 11.1 Å². The van der Waals surface area contributed by atoms with E-state index in [4.69, 9.17) is 10.9 Å². The number of pyridine rings is 1. The van der Waals surface area contributed by atoms with Crippen LogP contribution >= 0.6 is 0 Å². The largest absolute Gasteiger partial charge is 0.366 e. The Kier molecular flexibility index (Phi) is 4.95. The Morgan fingerprint density at radius 1 is 1.30 bits per heavy atom. The molecule has 20 heavy (non-hydrogen) atoms. The average molecular weight is 298 g/mol. The quantitative estimate of drug-likeness (QED) is 0.752. The smallest absolute Gasteiger partial charge is 0.239 e. The molecular formula is C13H22N4O2S. The third kappa shape index (κ3) is 3.91. The molecule has 7 heteroatoms. The predicted molar refractivity (Wildman–Crippen MR) is 78.7 cm³/mol. The van der Waals surface area contributed by atoms with Crippen LogP contribution in [0.2, 0.25) is 0 Å². The summed E-state index contributed by atoms with van der Waals surface area (Å²) in [6.45, 7) is 0.545. The molecule has 0 bridgehead atoms. The summed E-state index contributed by atoms with van der Waals surface area (Å²) in [5.74, 6) is 1.20. The fraction of sp³-hybridized carbons (Fsp3) is 0.615. The van der Waals surface area contributed by atoms with Crippen molar-refractivity contribution in [1.82, 2.24) is 4.98 Å². The van der Waals surface area contributed by atoms with Crippen LogP contribution in [0.15, 0.2) is 23.2 Å². The van der Waals surface area contributed by atoms with Crippen molar-refractivity contribution in [1.29, 1.82) is 0 Å². The van der Waals surface area contributed by atoms with Gasteiger partial charge in [-0.25, -0.2) is 18.5 Å². The molecule has 0 radical (unpaired) electrons. The zero-order valence-electron chi connectivity index (χ0n) is 11.5. The first-order chi connectivity index (χ1) is 9.50. The van der Waals surface area contributed by atoms with E-state index in [2.05, 4.69) is 10.3 Å². The first-order valence-corrected chi connectivity index (χ1v) is 8.51. The van der Waals surface area contributed by atoms with Crippen LogP contribution < -0.4 is 16.2 Å². The van der Waals surface area contributed by atoms with Crippen molar-refractivity contribution in [2.45, 2.75) is 43.0 Å². The van der Waals surface area contributed by atoms with Gasteiger partial charge in [-0.2, -0.15) is 0 Å². The van der Waals surface area contributed by atoms with Crippen LogP contribution in [0.25, 0.3) is 0 Å². The molecule has 1 aromatic rings. The summed E-state index contributed by atoms with van der Waals surface area (Å²) in [6, 6.07) is 3.27. The Hall–Kier alpha value is -1.18. The zero-order chi connectivity index (χ0) is 14.6. The van der Waals surface area contributed by atoms with Gasteiger partial charge in [-0.05, 0) is 30.9 Å². The molecule has 0 aliphatic heterocycles. The normalized spacial score (nSPS) is 18.7. The van der Waals surface area contributed by atoms with E-state index in [0.29, 0.717) is 18.3 Å². The molecule has 1 aromatic heterocycles. The number of primary sulfonamides is 1. The maximum Gasteiger partial charge on any atom is 0.239 e. The van der Waals surface area contributed by atoms with Crippen molar-refractivity contribution in [3.05, 3.63) is 18.3 Å². The minimum absolute atomic E-state index is 0.0185. The Morgan fingerprint density at radius 2 is 2.00 bits per heavy atom. The number of hydrogen-bond acceptors (Lipinski definition) is 5. The fourth-order valence-corrected chi connectivity index (χ4v) is 3.19. The lowest BCUT2D eigenvalue weighted by Crippen LogP contribution is -2.37. The lowest BCUT2D eigenvalue weighted by atomic mass is 9.84. The van der Waals surface area contributed by atoms with E-state index in [9.17, 15) is 8.42 Å². The molecule has 0 spiro atoms. The number of nitrogens with two attached hydrogens (primary N) is 2. The van der Waals surface area contributed by atoms with E-state index in [-0.39, 0.29) is 10.9 Å². The van der Waals surface area contributed by atoms with E-state index < -0.39 is 10.0 Å². The van der Waals surface area contributed by atoms with Crippen molar-refractivity contribution in [2.24, 2.45) is 16.8 Å². The van der Waals surface area contributed by atoms with Gasteiger partial charge in [-0.3, -0.25) is 0 Å². The lowest BCUT2D eigenvalue weighted by Gasteiger charge is -2.30. The Labute approximate surface area is 120 Å². The molecule has 5 N–H and O–H groups in total. The minimum Gasteiger partial charge on any atom is -0.366 e. The van der Waals surface area contributed by atoms with Crippen LogP contribution in [0.3, 0.4) is 0 Å². The molecule has 6 nitrogen and oxygen atoms in total. The number of sulfonamides is 1. The van der Waals surface area contributed by atoms with Crippen LogP contribution in [0.5, 0.6) is 0 Å². The first-order valence-electron chi connectivity index (χ1n) is 6.96. The predicted octanol–water partition coefficient (Wildman–Crippen LogP) is 1.05. The number of anilines is 1. The minimum atomic E-state index is -3.69. The summed E-state index contributed by atoms with van der Waals surface area (Å²) >= 11 is 0. The molecule has 1 saturated carbocycles. The van der Waals surface area contributed by atoms with Gasteiger partial charge in [0, 0.05) is 18.8 Å². The van der Waals surface area contributed by atoms with Gasteiger partial charge >= 0.3 is 0 Å². The second kappa shape index (κ2) is 6.51. The van der Waals surface area contributed by atoms with Crippen LogP contribution in [0.1, 0.15) is 32.1 Å². The molecule has 0 saturated heterocycles. The molecular weight excluding hydrogens is 276 g/mol. The van der Waals surface area contributed by atoms with Gasteiger partial charge in [0.15, 0.2) is 0 Å². The molecule has 0 aromatic carbocycles. The molecule has 1 aliphatic rings. The van der Waals surface area contributed by atoms with E-state index in [0.717, 1.165) is 0 Å². The van der Waals surface area contributed by atoms with Crippen LogP contribution in [0.4, 0.5) is 5.82 Å². The number of hydrogen-bond donors (Lipinski definition) is 3.